The number of carbonyl (C=O) groups is 1. The van der Waals surface area contributed by atoms with Gasteiger partial charge in [0.05, 0.1) is 29.0 Å². The summed E-state index contributed by atoms with van der Waals surface area (Å²) in [6.07, 6.45) is 3.35. The lowest BCUT2D eigenvalue weighted by molar-refractivity contribution is 0.111. The molecule has 4 aromatic rings. The predicted octanol–water partition coefficient (Wildman–Crippen LogP) is 5.47. The van der Waals surface area contributed by atoms with Crippen molar-refractivity contribution in [2.75, 3.05) is 32.1 Å². The first-order valence-electron chi connectivity index (χ1n) is 12.7. The van der Waals surface area contributed by atoms with Gasteiger partial charge < -0.3 is 19.5 Å². The Bertz CT molecular complexity index is 1680. The minimum absolute atomic E-state index is 0.0873. The smallest absolute Gasteiger partial charge is 0.409 e. The molecular weight excluding hydrogens is 521 g/mol. The summed E-state index contributed by atoms with van der Waals surface area (Å²) in [5, 5.41) is 22.9. The number of hydrogen-bond donors (Lipinski definition) is 2. The summed E-state index contributed by atoms with van der Waals surface area (Å²) < 4.78 is 27.1. The zero-order valence-electron chi connectivity index (χ0n) is 21.5. The summed E-state index contributed by atoms with van der Waals surface area (Å²) in [4.78, 5) is 23.0. The van der Waals surface area contributed by atoms with Crippen LogP contribution in [-0.4, -0.2) is 58.9 Å². The maximum absolute atomic E-state index is 15.0. The largest absolute Gasteiger partial charge is 0.465 e. The van der Waals surface area contributed by atoms with E-state index in [0.29, 0.717) is 49.2 Å². The van der Waals surface area contributed by atoms with Crippen LogP contribution in [0.3, 0.4) is 0 Å². The number of halogens is 1. The van der Waals surface area contributed by atoms with E-state index in [1.807, 2.05) is 6.92 Å². The zero-order chi connectivity index (χ0) is 27.3. The van der Waals surface area contributed by atoms with Gasteiger partial charge in [0, 0.05) is 23.0 Å². The Morgan fingerprint density at radius 3 is 3.00 bits per heavy atom. The molecule has 0 spiro atoms. The molecule has 2 N–H and O–H groups in total. The van der Waals surface area contributed by atoms with Crippen LogP contribution in [0, 0.1) is 24.1 Å². The Labute approximate surface area is 227 Å². The molecule has 2 aliphatic rings. The third kappa shape index (κ3) is 4.34. The van der Waals surface area contributed by atoms with E-state index in [0.717, 1.165) is 63.9 Å². The van der Waals surface area contributed by atoms with Crippen molar-refractivity contribution in [3.8, 4) is 23.2 Å². The molecule has 39 heavy (non-hydrogen) atoms. The predicted molar refractivity (Wildman–Crippen MR) is 146 cm³/mol. The van der Waals surface area contributed by atoms with E-state index in [-0.39, 0.29) is 15.3 Å². The summed E-state index contributed by atoms with van der Waals surface area (Å²) in [5.74, 6) is -0.521. The van der Waals surface area contributed by atoms with Crippen molar-refractivity contribution in [2.45, 2.75) is 38.8 Å². The monoisotopic (exact) mass is 547 g/mol. The van der Waals surface area contributed by atoms with Gasteiger partial charge in [0.1, 0.15) is 23.5 Å². The molecule has 0 unspecified atom stereocenters. The van der Waals surface area contributed by atoms with Gasteiger partial charge in [-0.05, 0) is 73.7 Å². The lowest BCUT2D eigenvalue weighted by atomic mass is 9.85. The molecule has 2 aromatic heterocycles. The third-order valence-electron chi connectivity index (χ3n) is 7.70. The first-order chi connectivity index (χ1) is 18.9. The quantitative estimate of drug-likeness (QED) is 0.338. The molecule has 0 bridgehead atoms. The molecule has 1 saturated heterocycles. The van der Waals surface area contributed by atoms with Gasteiger partial charge in [-0.2, -0.15) is 10.2 Å². The molecule has 2 aliphatic heterocycles. The fourth-order valence-electron chi connectivity index (χ4n) is 5.79. The number of nitriles is 1. The van der Waals surface area contributed by atoms with Crippen LogP contribution in [0.2, 0.25) is 0 Å². The zero-order valence-corrected chi connectivity index (χ0v) is 22.3. The Hall–Kier alpha value is -3.85. The number of anilines is 1. The second-order valence-corrected chi connectivity index (χ2v) is 10.9. The summed E-state index contributed by atoms with van der Waals surface area (Å²) in [6, 6.07) is 5.72. The number of likely N-dealkylation sites (N-methyl/N-ethyl adjacent to an activating group) is 1. The molecular formula is C28H26FN5O4S. The van der Waals surface area contributed by atoms with Crippen LogP contribution in [0.1, 0.15) is 35.1 Å². The van der Waals surface area contributed by atoms with Gasteiger partial charge >= 0.3 is 12.1 Å². The number of nitrogens with zero attached hydrogens (tertiary/aromatic N) is 4. The Morgan fingerprint density at radius 2 is 2.26 bits per heavy atom. The fraction of sp³-hybridized carbons (Fsp3) is 0.357. The highest BCUT2D eigenvalue weighted by atomic mass is 32.1. The Kier molecular flexibility index (Phi) is 6.54. The molecule has 1 amide bonds. The summed E-state index contributed by atoms with van der Waals surface area (Å²) in [6.45, 7) is 4.39. The van der Waals surface area contributed by atoms with Crippen LogP contribution in [0.25, 0.3) is 32.1 Å². The van der Waals surface area contributed by atoms with Crippen LogP contribution >= 0.6 is 11.3 Å². The van der Waals surface area contributed by atoms with Gasteiger partial charge in [-0.1, -0.05) is 6.07 Å². The maximum atomic E-state index is 15.0. The Morgan fingerprint density at radius 1 is 1.41 bits per heavy atom. The van der Waals surface area contributed by atoms with Crippen molar-refractivity contribution in [3.05, 3.63) is 46.4 Å². The average Bonchev–Trinajstić information content (AvgIpc) is 3.51. The fourth-order valence-corrected chi connectivity index (χ4v) is 6.86. The molecule has 9 nitrogen and oxygen atoms in total. The number of ether oxygens (including phenoxy) is 2. The van der Waals surface area contributed by atoms with Crippen LogP contribution < -0.4 is 10.1 Å². The third-order valence-corrected chi connectivity index (χ3v) is 8.81. The second-order valence-electron chi connectivity index (χ2n) is 9.91. The molecule has 0 aliphatic carbocycles. The van der Waals surface area contributed by atoms with Crippen LogP contribution in [0.15, 0.2) is 18.3 Å². The van der Waals surface area contributed by atoms with Gasteiger partial charge in [-0.15, -0.1) is 11.3 Å². The highest BCUT2D eigenvalue weighted by Gasteiger charge is 2.28. The van der Waals surface area contributed by atoms with Crippen molar-refractivity contribution in [2.24, 2.45) is 0 Å². The number of aryl methyl sites for hydroxylation is 1. The standard InChI is InChI=1S/C28H26FN5O4S/c1-14-22(17-5-6-21(29)25-23(17)18(10-30)26(39-25)33-28(35)36)20-13-37-9-7-16(20)19-11-31-27(32-24(14)19)38-12-15-4-3-8-34(15)2/h5-6,11,15,33H,3-4,7-9,12-13H2,1-2H3,(H,35,36)/t15-/m0/s1. The first kappa shape index (κ1) is 25.4. The number of rotatable bonds is 5. The highest BCUT2D eigenvalue weighted by Crippen LogP contribution is 2.46. The maximum Gasteiger partial charge on any atom is 0.409 e. The number of aromatic nitrogens is 2. The molecule has 0 saturated carbocycles. The molecule has 2 aromatic carbocycles. The van der Waals surface area contributed by atoms with Crippen LogP contribution in [0.5, 0.6) is 6.01 Å². The van der Waals surface area contributed by atoms with Gasteiger partial charge in [-0.25, -0.2) is 14.2 Å². The normalized spacial score (nSPS) is 17.3. The molecule has 11 heteroatoms. The first-order valence-corrected chi connectivity index (χ1v) is 13.6. The van der Waals surface area contributed by atoms with E-state index < -0.39 is 11.9 Å². The van der Waals surface area contributed by atoms with Crippen molar-refractivity contribution in [3.63, 3.8) is 0 Å². The number of fused-ring (bicyclic) bond motifs is 4. The SMILES string of the molecule is Cc1c(-c2ccc(F)c3sc(NC(=O)O)c(C#N)c23)c2c(c3cnc(OC[C@@H]4CCCN4C)nc13)CCOC2. The van der Waals surface area contributed by atoms with Gasteiger partial charge in [0.25, 0.3) is 0 Å². The number of hydrogen-bond acceptors (Lipinski definition) is 8. The number of thiophene rings is 1. The summed E-state index contributed by atoms with van der Waals surface area (Å²) in [7, 11) is 2.09. The van der Waals surface area contributed by atoms with E-state index in [9.17, 15) is 19.6 Å². The minimum Gasteiger partial charge on any atom is -0.465 e. The lowest BCUT2D eigenvalue weighted by Crippen LogP contribution is -2.30. The second kappa shape index (κ2) is 10.0. The van der Waals surface area contributed by atoms with Crippen LogP contribution in [0.4, 0.5) is 14.2 Å². The summed E-state index contributed by atoms with van der Waals surface area (Å²) in [5.41, 5.74) is 5.07. The van der Waals surface area contributed by atoms with E-state index >= 15 is 0 Å². The van der Waals surface area contributed by atoms with Crippen molar-refractivity contribution in [1.29, 1.82) is 5.26 Å². The number of nitrogens with one attached hydrogen (secondary N) is 1. The van der Waals surface area contributed by atoms with Crippen LogP contribution in [-0.2, 0) is 17.8 Å². The number of benzene rings is 2. The molecule has 1 atom stereocenters. The lowest BCUT2D eigenvalue weighted by Gasteiger charge is -2.25. The van der Waals surface area contributed by atoms with Crippen molar-refractivity contribution in [1.82, 2.24) is 14.9 Å². The van der Waals surface area contributed by atoms with E-state index in [2.05, 4.69) is 28.3 Å². The number of amides is 1. The average molecular weight is 548 g/mol. The minimum atomic E-state index is -1.32. The molecule has 200 valence electrons. The van der Waals surface area contributed by atoms with Crippen molar-refractivity contribution >= 4 is 43.4 Å². The summed E-state index contributed by atoms with van der Waals surface area (Å²) >= 11 is 0.910. The van der Waals surface area contributed by atoms with Gasteiger partial charge in [-0.3, -0.25) is 5.32 Å². The molecule has 4 heterocycles. The topological polar surface area (TPSA) is 121 Å². The molecule has 0 radical (unpaired) electrons. The van der Waals surface area contributed by atoms with Crippen molar-refractivity contribution < 1.29 is 23.8 Å². The molecule has 6 rings (SSSR count). The van der Waals surface area contributed by atoms with Gasteiger partial charge in [0.15, 0.2) is 0 Å². The molecule has 1 fully saturated rings. The van der Waals surface area contributed by atoms with E-state index in [1.54, 1.807) is 12.3 Å². The Balaban J connectivity index is 1.56. The highest BCUT2D eigenvalue weighted by molar-refractivity contribution is 7.23. The number of carboxylic acid groups (broad SMARTS) is 1. The van der Waals surface area contributed by atoms with E-state index in [1.165, 1.54) is 6.07 Å². The number of likely N-dealkylation sites (tertiary alicyclic amines) is 1. The van der Waals surface area contributed by atoms with E-state index in [4.69, 9.17) is 14.5 Å². The van der Waals surface area contributed by atoms with Gasteiger partial charge in [0.2, 0.25) is 0 Å².